The van der Waals surface area contributed by atoms with E-state index in [1.165, 1.54) is 17.0 Å². The van der Waals surface area contributed by atoms with Crippen LogP contribution in [0, 0.1) is 13.8 Å². The maximum absolute atomic E-state index is 5.59. The molecule has 2 saturated heterocycles. The zero-order valence-electron chi connectivity index (χ0n) is 17.6. The summed E-state index contributed by atoms with van der Waals surface area (Å²) < 4.78 is 7.91. The zero-order chi connectivity index (χ0) is 20.4. The van der Waals surface area contributed by atoms with Crippen molar-refractivity contribution in [3.8, 4) is 0 Å². The van der Waals surface area contributed by atoms with Crippen LogP contribution in [0.25, 0.3) is 0 Å². The molecular formula is C22H31N5OS. The van der Waals surface area contributed by atoms with Crippen molar-refractivity contribution in [1.29, 1.82) is 0 Å². The Bertz CT molecular complexity index is 846. The van der Waals surface area contributed by atoms with Crippen LogP contribution in [0.1, 0.15) is 41.1 Å². The Kier molecular flexibility index (Phi) is 6.18. The fraction of sp³-hybridized carbons (Fsp3) is 0.545. The summed E-state index contributed by atoms with van der Waals surface area (Å²) in [5.41, 5.74) is 5.00. The summed E-state index contributed by atoms with van der Waals surface area (Å²) in [7, 11) is 2.08. The highest BCUT2D eigenvalue weighted by Crippen LogP contribution is 2.39. The maximum atomic E-state index is 5.59. The lowest BCUT2D eigenvalue weighted by Crippen LogP contribution is -2.37. The maximum Gasteiger partial charge on any atom is 0.169 e. The molecule has 2 aromatic rings. The molecule has 2 aliphatic rings. The molecule has 0 saturated carbocycles. The largest absolute Gasteiger partial charge is 0.379 e. The normalized spacial score (nSPS) is 22.9. The summed E-state index contributed by atoms with van der Waals surface area (Å²) in [6.45, 7) is 10.4. The predicted octanol–water partition coefficient (Wildman–Crippen LogP) is 2.82. The van der Waals surface area contributed by atoms with Crippen molar-refractivity contribution in [2.45, 2.75) is 38.9 Å². The summed E-state index contributed by atoms with van der Waals surface area (Å²) in [6, 6.07) is 8.62. The van der Waals surface area contributed by atoms with Crippen LogP contribution < -0.4 is 5.32 Å². The second-order valence-electron chi connectivity index (χ2n) is 8.02. The van der Waals surface area contributed by atoms with Crippen LogP contribution in [0.2, 0.25) is 0 Å². The van der Waals surface area contributed by atoms with E-state index < -0.39 is 0 Å². The highest BCUT2D eigenvalue weighted by molar-refractivity contribution is 7.80. The van der Waals surface area contributed by atoms with Crippen LogP contribution in [0.3, 0.4) is 0 Å². The van der Waals surface area contributed by atoms with Gasteiger partial charge < -0.3 is 19.5 Å². The van der Waals surface area contributed by atoms with Gasteiger partial charge in [0.25, 0.3) is 0 Å². The Balaban J connectivity index is 1.53. The van der Waals surface area contributed by atoms with Gasteiger partial charge in [-0.2, -0.15) is 0 Å². The third-order valence-electron chi connectivity index (χ3n) is 6.23. The van der Waals surface area contributed by atoms with Gasteiger partial charge in [-0.15, -0.1) is 0 Å². The lowest BCUT2D eigenvalue weighted by Gasteiger charge is -2.27. The summed E-state index contributed by atoms with van der Waals surface area (Å²) in [6.07, 6.45) is 3.00. The van der Waals surface area contributed by atoms with E-state index in [4.69, 9.17) is 17.0 Å². The predicted molar refractivity (Wildman–Crippen MR) is 119 cm³/mol. The van der Waals surface area contributed by atoms with Crippen LogP contribution in [-0.2, 0) is 11.3 Å². The number of aromatic nitrogens is 2. The number of pyridine rings is 1. The first-order valence-electron chi connectivity index (χ1n) is 10.5. The first kappa shape index (κ1) is 20.3. The number of hydrogen-bond acceptors (Lipinski definition) is 4. The molecule has 2 aliphatic heterocycles. The molecule has 2 atom stereocenters. The molecule has 1 N–H and O–H groups in total. The van der Waals surface area contributed by atoms with Crippen molar-refractivity contribution in [2.24, 2.45) is 0 Å². The van der Waals surface area contributed by atoms with Gasteiger partial charge in [0, 0.05) is 50.8 Å². The topological polar surface area (TPSA) is 45.6 Å². The molecule has 0 amide bonds. The molecule has 0 aromatic carbocycles. The highest BCUT2D eigenvalue weighted by atomic mass is 32.1. The molecule has 7 heteroatoms. The van der Waals surface area contributed by atoms with Gasteiger partial charge >= 0.3 is 0 Å². The minimum atomic E-state index is 0.0657. The number of rotatable bonds is 6. The summed E-state index contributed by atoms with van der Waals surface area (Å²) in [4.78, 5) is 9.27. The Morgan fingerprint density at radius 3 is 2.72 bits per heavy atom. The number of likely N-dealkylation sites (N-methyl/N-ethyl adjacent to an activating group) is 1. The van der Waals surface area contributed by atoms with Gasteiger partial charge in [0.1, 0.15) is 0 Å². The van der Waals surface area contributed by atoms with Crippen LogP contribution in [0.5, 0.6) is 0 Å². The molecule has 156 valence electrons. The standard InChI is InChI=1S/C22H31N5OS/c1-16-15-18(17(2)27(16)10-6-9-26-11-13-28-14-12-26)21-20(24-22(29)25(21)3)19-7-4-5-8-23-19/h4-5,7-8,15,20-21H,6,9-14H2,1-3H3,(H,24,29)/t20-,21-/m1/s1. The SMILES string of the molecule is Cc1cc([C@@H]2[C@@H](c3ccccn3)NC(=S)N2C)c(C)n1CCCN1CCOCC1. The number of nitrogens with zero attached hydrogens (tertiary/aromatic N) is 4. The minimum Gasteiger partial charge on any atom is -0.379 e. The van der Waals surface area contributed by atoms with Crippen molar-refractivity contribution in [3.63, 3.8) is 0 Å². The number of aryl methyl sites for hydroxylation is 1. The fourth-order valence-corrected chi connectivity index (χ4v) is 4.84. The van der Waals surface area contributed by atoms with Crippen LogP contribution in [-0.4, -0.2) is 64.4 Å². The van der Waals surface area contributed by atoms with E-state index in [-0.39, 0.29) is 12.1 Å². The van der Waals surface area contributed by atoms with Crippen molar-refractivity contribution >= 4 is 17.3 Å². The zero-order valence-corrected chi connectivity index (χ0v) is 18.4. The fourth-order valence-electron chi connectivity index (χ4n) is 4.60. The third kappa shape index (κ3) is 4.17. The van der Waals surface area contributed by atoms with E-state index >= 15 is 0 Å². The summed E-state index contributed by atoms with van der Waals surface area (Å²) >= 11 is 5.59. The summed E-state index contributed by atoms with van der Waals surface area (Å²) in [5.74, 6) is 0. The molecule has 0 radical (unpaired) electrons. The van der Waals surface area contributed by atoms with E-state index in [0.29, 0.717) is 0 Å². The van der Waals surface area contributed by atoms with E-state index in [2.05, 4.69) is 57.7 Å². The Morgan fingerprint density at radius 2 is 2.00 bits per heavy atom. The number of morpholine rings is 1. The van der Waals surface area contributed by atoms with Crippen LogP contribution in [0.15, 0.2) is 30.5 Å². The van der Waals surface area contributed by atoms with Crippen molar-refractivity contribution in [1.82, 2.24) is 24.7 Å². The molecule has 0 unspecified atom stereocenters. The van der Waals surface area contributed by atoms with E-state index in [0.717, 1.165) is 56.6 Å². The van der Waals surface area contributed by atoms with Crippen molar-refractivity contribution in [3.05, 3.63) is 53.1 Å². The van der Waals surface area contributed by atoms with Gasteiger partial charge in [0.2, 0.25) is 0 Å². The molecule has 4 heterocycles. The highest BCUT2D eigenvalue weighted by Gasteiger charge is 2.39. The molecule has 2 aromatic heterocycles. The van der Waals surface area contributed by atoms with Crippen LogP contribution in [0.4, 0.5) is 0 Å². The smallest absolute Gasteiger partial charge is 0.169 e. The quantitative estimate of drug-likeness (QED) is 0.735. The molecule has 6 nitrogen and oxygen atoms in total. The van der Waals surface area contributed by atoms with Gasteiger partial charge in [0.15, 0.2) is 5.11 Å². The lowest BCUT2D eigenvalue weighted by atomic mass is 9.97. The first-order valence-corrected chi connectivity index (χ1v) is 10.9. The molecule has 4 rings (SSSR count). The van der Waals surface area contributed by atoms with Gasteiger partial charge in [-0.25, -0.2) is 0 Å². The van der Waals surface area contributed by atoms with E-state index in [1.807, 2.05) is 18.3 Å². The molecule has 2 fully saturated rings. The number of ether oxygens (including phenoxy) is 1. The molecule has 0 aliphatic carbocycles. The average Bonchev–Trinajstić information content (AvgIpc) is 3.19. The number of hydrogen-bond donors (Lipinski definition) is 1. The monoisotopic (exact) mass is 413 g/mol. The van der Waals surface area contributed by atoms with E-state index in [9.17, 15) is 0 Å². The summed E-state index contributed by atoms with van der Waals surface area (Å²) in [5, 5.41) is 4.26. The van der Waals surface area contributed by atoms with Gasteiger partial charge in [-0.3, -0.25) is 9.88 Å². The van der Waals surface area contributed by atoms with Crippen LogP contribution >= 0.6 is 12.2 Å². The molecular weight excluding hydrogens is 382 g/mol. The number of nitrogens with one attached hydrogen (secondary N) is 1. The lowest BCUT2D eigenvalue weighted by molar-refractivity contribution is 0.0369. The second kappa shape index (κ2) is 8.81. The molecule has 29 heavy (non-hydrogen) atoms. The third-order valence-corrected chi connectivity index (χ3v) is 6.64. The Morgan fingerprint density at radius 1 is 1.21 bits per heavy atom. The van der Waals surface area contributed by atoms with Crippen molar-refractivity contribution in [2.75, 3.05) is 39.9 Å². The number of thiocarbonyl (C=S) groups is 1. The molecule has 0 bridgehead atoms. The first-order chi connectivity index (χ1) is 14.1. The molecule has 0 spiro atoms. The Labute approximate surface area is 178 Å². The Hall–Kier alpha value is -1.96. The van der Waals surface area contributed by atoms with E-state index in [1.54, 1.807) is 0 Å². The van der Waals surface area contributed by atoms with Crippen molar-refractivity contribution < 1.29 is 4.74 Å². The minimum absolute atomic E-state index is 0.0657. The second-order valence-corrected chi connectivity index (χ2v) is 8.41. The van der Waals surface area contributed by atoms with Gasteiger partial charge in [0.05, 0.1) is 31.0 Å². The average molecular weight is 414 g/mol. The van der Waals surface area contributed by atoms with Gasteiger partial charge in [-0.05, 0) is 56.2 Å². The van der Waals surface area contributed by atoms with Gasteiger partial charge in [-0.1, -0.05) is 6.07 Å².